The second kappa shape index (κ2) is 8.73. The number of esters is 1. The largest absolute Gasteiger partial charge is 0.444 e. The molecule has 0 saturated heterocycles. The predicted octanol–water partition coefficient (Wildman–Crippen LogP) is 4.28. The number of aromatic nitrogens is 1. The summed E-state index contributed by atoms with van der Waals surface area (Å²) in [6, 6.07) is 18.0. The van der Waals surface area contributed by atoms with Gasteiger partial charge in [-0.05, 0) is 43.2 Å². The average Bonchev–Trinajstić information content (AvgIpc) is 2.66. The van der Waals surface area contributed by atoms with E-state index < -0.39 is 23.7 Å². The van der Waals surface area contributed by atoms with Gasteiger partial charge in [0.15, 0.2) is 0 Å². The molecule has 1 N–H and O–H groups in total. The standard InChI is InChI=1S/C23H24N2O4/c1-23(2,3)29-22(27)25-19(21(26)28-20-10-6-7-13-24-20)15-16-11-12-17-8-4-5-9-18(17)14-16/h4-14,19H,15H2,1-3H3,(H,25,27)/t19-/m0/s1. The highest BCUT2D eigenvalue weighted by Crippen LogP contribution is 2.18. The lowest BCUT2D eigenvalue weighted by molar-refractivity contribution is -0.137. The molecule has 1 heterocycles. The molecule has 150 valence electrons. The normalized spacial score (nSPS) is 12.2. The van der Waals surface area contributed by atoms with Crippen LogP contribution in [-0.2, 0) is 16.0 Å². The number of amides is 1. The van der Waals surface area contributed by atoms with Crippen molar-refractivity contribution in [1.29, 1.82) is 0 Å². The van der Waals surface area contributed by atoms with Crippen LogP contribution in [0.1, 0.15) is 26.3 Å². The number of nitrogens with one attached hydrogen (secondary N) is 1. The van der Waals surface area contributed by atoms with E-state index in [1.807, 2.05) is 42.5 Å². The maximum absolute atomic E-state index is 12.7. The molecule has 0 aliphatic heterocycles. The first kappa shape index (κ1) is 20.3. The molecule has 6 heteroatoms. The lowest BCUT2D eigenvalue weighted by atomic mass is 10.0. The van der Waals surface area contributed by atoms with E-state index in [1.165, 1.54) is 6.20 Å². The second-order valence-corrected chi connectivity index (χ2v) is 7.67. The van der Waals surface area contributed by atoms with E-state index in [0.717, 1.165) is 16.3 Å². The Balaban J connectivity index is 1.80. The van der Waals surface area contributed by atoms with Crippen LogP contribution in [0.4, 0.5) is 4.79 Å². The molecule has 0 fully saturated rings. The number of alkyl carbamates (subject to hydrolysis) is 1. The molecule has 6 nitrogen and oxygen atoms in total. The van der Waals surface area contributed by atoms with Crippen LogP contribution in [-0.4, -0.2) is 28.7 Å². The molecular formula is C23H24N2O4. The van der Waals surface area contributed by atoms with E-state index >= 15 is 0 Å². The molecule has 3 aromatic rings. The van der Waals surface area contributed by atoms with Crippen LogP contribution in [0.5, 0.6) is 5.88 Å². The molecule has 1 atom stereocenters. The van der Waals surface area contributed by atoms with Gasteiger partial charge in [-0.25, -0.2) is 14.6 Å². The van der Waals surface area contributed by atoms with E-state index in [0.29, 0.717) is 0 Å². The summed E-state index contributed by atoms with van der Waals surface area (Å²) in [7, 11) is 0. The van der Waals surface area contributed by atoms with Crippen LogP contribution >= 0.6 is 0 Å². The summed E-state index contributed by atoms with van der Waals surface area (Å²) >= 11 is 0. The summed E-state index contributed by atoms with van der Waals surface area (Å²) < 4.78 is 10.6. The maximum atomic E-state index is 12.7. The predicted molar refractivity (Wildman–Crippen MR) is 111 cm³/mol. The van der Waals surface area contributed by atoms with Crippen LogP contribution in [0.3, 0.4) is 0 Å². The quantitative estimate of drug-likeness (QED) is 0.656. The van der Waals surface area contributed by atoms with Gasteiger partial charge in [0.2, 0.25) is 5.88 Å². The lowest BCUT2D eigenvalue weighted by Crippen LogP contribution is -2.46. The lowest BCUT2D eigenvalue weighted by Gasteiger charge is -2.23. The summed E-state index contributed by atoms with van der Waals surface area (Å²) in [5, 5.41) is 4.78. The van der Waals surface area contributed by atoms with Gasteiger partial charge in [0.25, 0.3) is 0 Å². The molecule has 0 saturated carbocycles. The summed E-state index contributed by atoms with van der Waals surface area (Å²) in [6.45, 7) is 5.28. The number of hydrogen-bond donors (Lipinski definition) is 1. The Hall–Kier alpha value is -3.41. The molecule has 0 aliphatic carbocycles. The maximum Gasteiger partial charge on any atom is 0.408 e. The Kier molecular flexibility index (Phi) is 6.12. The Bertz CT molecular complexity index is 996. The number of pyridine rings is 1. The Morgan fingerprint density at radius 3 is 2.41 bits per heavy atom. The van der Waals surface area contributed by atoms with Crippen molar-refractivity contribution in [2.24, 2.45) is 0 Å². The molecule has 29 heavy (non-hydrogen) atoms. The molecule has 0 spiro atoms. The molecule has 0 unspecified atom stereocenters. The van der Waals surface area contributed by atoms with Crippen molar-refractivity contribution in [3.63, 3.8) is 0 Å². The van der Waals surface area contributed by atoms with Gasteiger partial charge in [-0.2, -0.15) is 0 Å². The zero-order valence-electron chi connectivity index (χ0n) is 16.7. The van der Waals surface area contributed by atoms with Crippen molar-refractivity contribution in [3.8, 4) is 5.88 Å². The number of ether oxygens (including phenoxy) is 2. The van der Waals surface area contributed by atoms with Crippen molar-refractivity contribution >= 4 is 22.8 Å². The summed E-state index contributed by atoms with van der Waals surface area (Å²) in [5.74, 6) is -0.435. The van der Waals surface area contributed by atoms with Crippen LogP contribution in [0, 0.1) is 0 Å². The van der Waals surface area contributed by atoms with Crippen molar-refractivity contribution in [3.05, 3.63) is 72.4 Å². The minimum atomic E-state index is -0.923. The highest BCUT2D eigenvalue weighted by molar-refractivity contribution is 5.85. The van der Waals surface area contributed by atoms with E-state index in [9.17, 15) is 9.59 Å². The Labute approximate surface area is 169 Å². The fourth-order valence-electron chi connectivity index (χ4n) is 2.83. The number of carbonyl (C=O) groups excluding carboxylic acids is 2. The van der Waals surface area contributed by atoms with Gasteiger partial charge in [-0.1, -0.05) is 48.5 Å². The number of rotatable bonds is 5. The molecule has 1 aromatic heterocycles. The van der Waals surface area contributed by atoms with Crippen LogP contribution < -0.4 is 10.1 Å². The van der Waals surface area contributed by atoms with Gasteiger partial charge < -0.3 is 14.8 Å². The van der Waals surface area contributed by atoms with Crippen molar-refractivity contribution in [1.82, 2.24) is 10.3 Å². The van der Waals surface area contributed by atoms with Crippen molar-refractivity contribution < 1.29 is 19.1 Å². The third-order valence-corrected chi connectivity index (χ3v) is 4.07. The summed E-state index contributed by atoms with van der Waals surface area (Å²) in [4.78, 5) is 29.0. The molecule has 3 rings (SSSR count). The van der Waals surface area contributed by atoms with Crippen LogP contribution in [0.15, 0.2) is 66.9 Å². The molecular weight excluding hydrogens is 368 g/mol. The number of carbonyl (C=O) groups is 2. The topological polar surface area (TPSA) is 77.5 Å². The number of nitrogens with zero attached hydrogens (tertiary/aromatic N) is 1. The van der Waals surface area contributed by atoms with Gasteiger partial charge in [0.1, 0.15) is 11.6 Å². The minimum absolute atomic E-state index is 0.173. The van der Waals surface area contributed by atoms with Crippen LogP contribution in [0.25, 0.3) is 10.8 Å². The first-order chi connectivity index (χ1) is 13.8. The van der Waals surface area contributed by atoms with E-state index in [2.05, 4.69) is 10.3 Å². The first-order valence-corrected chi connectivity index (χ1v) is 9.40. The zero-order valence-corrected chi connectivity index (χ0v) is 16.7. The SMILES string of the molecule is CC(C)(C)OC(=O)N[C@@H](Cc1ccc2ccccc2c1)C(=O)Oc1ccccn1. The zero-order chi connectivity index (χ0) is 20.9. The van der Waals surface area contributed by atoms with Gasteiger partial charge in [-0.3, -0.25) is 0 Å². The van der Waals surface area contributed by atoms with Gasteiger partial charge >= 0.3 is 12.1 Å². The van der Waals surface area contributed by atoms with E-state index in [1.54, 1.807) is 39.0 Å². The number of benzene rings is 2. The van der Waals surface area contributed by atoms with Gasteiger partial charge in [0, 0.05) is 18.7 Å². The number of hydrogen-bond acceptors (Lipinski definition) is 5. The minimum Gasteiger partial charge on any atom is -0.444 e. The van der Waals surface area contributed by atoms with Crippen molar-refractivity contribution in [2.75, 3.05) is 0 Å². The highest BCUT2D eigenvalue weighted by atomic mass is 16.6. The molecule has 0 radical (unpaired) electrons. The molecule has 2 aromatic carbocycles. The monoisotopic (exact) mass is 392 g/mol. The third-order valence-electron chi connectivity index (χ3n) is 4.07. The fourth-order valence-corrected chi connectivity index (χ4v) is 2.83. The fraction of sp³-hybridized carbons (Fsp3) is 0.261. The third kappa shape index (κ3) is 6.04. The summed E-state index contributed by atoms with van der Waals surface area (Å²) in [6.07, 6.45) is 1.11. The average molecular weight is 392 g/mol. The molecule has 0 bridgehead atoms. The highest BCUT2D eigenvalue weighted by Gasteiger charge is 2.26. The van der Waals surface area contributed by atoms with Crippen LogP contribution in [0.2, 0.25) is 0 Å². The smallest absolute Gasteiger partial charge is 0.408 e. The Morgan fingerprint density at radius 2 is 1.72 bits per heavy atom. The molecule has 1 amide bonds. The second-order valence-electron chi connectivity index (χ2n) is 7.67. The van der Waals surface area contributed by atoms with E-state index in [4.69, 9.17) is 9.47 Å². The first-order valence-electron chi connectivity index (χ1n) is 9.40. The van der Waals surface area contributed by atoms with Gasteiger partial charge in [-0.15, -0.1) is 0 Å². The van der Waals surface area contributed by atoms with E-state index in [-0.39, 0.29) is 12.3 Å². The number of fused-ring (bicyclic) bond motifs is 1. The summed E-state index contributed by atoms with van der Waals surface area (Å²) in [5.41, 5.74) is 0.213. The molecule has 0 aliphatic rings. The Morgan fingerprint density at radius 1 is 1.00 bits per heavy atom. The van der Waals surface area contributed by atoms with Crippen molar-refractivity contribution in [2.45, 2.75) is 38.8 Å². The van der Waals surface area contributed by atoms with Gasteiger partial charge in [0.05, 0.1) is 0 Å².